The van der Waals surface area contributed by atoms with Crippen LogP contribution in [-0.2, 0) is 0 Å². The number of nitrogens with zero attached hydrogens (tertiary/aromatic N) is 3. The number of likely N-dealkylation sites (N-methyl/N-ethyl adjacent to an activating group) is 1. The Hall–Kier alpha value is -0.810. The summed E-state index contributed by atoms with van der Waals surface area (Å²) in [5.41, 5.74) is 5.88. The van der Waals surface area contributed by atoms with Gasteiger partial charge in [0.05, 0.1) is 0 Å². The molecule has 0 bridgehead atoms. The van der Waals surface area contributed by atoms with Gasteiger partial charge in [0.15, 0.2) is 5.96 Å². The second-order valence-corrected chi connectivity index (χ2v) is 5.95. The molecule has 0 aromatic heterocycles. The first-order chi connectivity index (χ1) is 9.24. The van der Waals surface area contributed by atoms with Crippen molar-refractivity contribution in [3.63, 3.8) is 0 Å². The van der Waals surface area contributed by atoms with Crippen LogP contribution in [0.4, 0.5) is 0 Å². The van der Waals surface area contributed by atoms with Gasteiger partial charge in [-0.1, -0.05) is 6.42 Å². The van der Waals surface area contributed by atoms with E-state index >= 15 is 0 Å². The molecule has 1 aliphatic heterocycles. The van der Waals surface area contributed by atoms with E-state index in [9.17, 15) is 0 Å². The van der Waals surface area contributed by atoms with Crippen LogP contribution < -0.4 is 11.1 Å². The number of hydrogen-bond acceptors (Lipinski definition) is 3. The zero-order valence-corrected chi connectivity index (χ0v) is 12.3. The Morgan fingerprint density at radius 3 is 2.79 bits per heavy atom. The van der Waals surface area contributed by atoms with Gasteiger partial charge in [0.1, 0.15) is 0 Å². The molecule has 1 heterocycles. The molecular weight excluding hydrogens is 238 g/mol. The minimum absolute atomic E-state index is 0.624. The molecule has 5 heteroatoms. The van der Waals surface area contributed by atoms with Crippen LogP contribution in [0.5, 0.6) is 0 Å². The minimum atomic E-state index is 0.624. The predicted octanol–water partition coefficient (Wildman–Crippen LogP) is 0.328. The summed E-state index contributed by atoms with van der Waals surface area (Å²) in [4.78, 5) is 9.33. The molecule has 1 saturated carbocycles. The van der Waals surface area contributed by atoms with Crippen LogP contribution in [-0.4, -0.2) is 68.6 Å². The summed E-state index contributed by atoms with van der Waals surface area (Å²) >= 11 is 0. The Bertz CT molecular complexity index is 288. The third kappa shape index (κ3) is 5.37. The summed E-state index contributed by atoms with van der Waals surface area (Å²) in [6.07, 6.45) is 5.30. The summed E-state index contributed by atoms with van der Waals surface area (Å²) in [6.45, 7) is 7.63. The van der Waals surface area contributed by atoms with Crippen molar-refractivity contribution in [2.24, 2.45) is 16.6 Å². The van der Waals surface area contributed by atoms with Crippen molar-refractivity contribution in [1.29, 1.82) is 0 Å². The van der Waals surface area contributed by atoms with Crippen LogP contribution >= 0.6 is 0 Å². The van der Waals surface area contributed by atoms with Gasteiger partial charge in [-0.15, -0.1) is 0 Å². The number of aliphatic imine (C=N–C) groups is 1. The van der Waals surface area contributed by atoms with E-state index in [1.54, 1.807) is 0 Å². The number of hydrogen-bond donors (Lipinski definition) is 2. The molecule has 1 saturated heterocycles. The molecular formula is C14H29N5. The van der Waals surface area contributed by atoms with E-state index in [2.05, 4.69) is 27.2 Å². The fourth-order valence-corrected chi connectivity index (χ4v) is 2.62. The molecule has 0 unspecified atom stereocenters. The first-order valence-electron chi connectivity index (χ1n) is 7.69. The van der Waals surface area contributed by atoms with Crippen LogP contribution in [0.3, 0.4) is 0 Å². The van der Waals surface area contributed by atoms with Crippen LogP contribution in [0.25, 0.3) is 0 Å². The van der Waals surface area contributed by atoms with Gasteiger partial charge in [0.25, 0.3) is 0 Å². The van der Waals surface area contributed by atoms with Gasteiger partial charge < -0.3 is 20.9 Å². The summed E-state index contributed by atoms with van der Waals surface area (Å²) in [6, 6.07) is 0. The van der Waals surface area contributed by atoms with Crippen molar-refractivity contribution in [3.05, 3.63) is 0 Å². The van der Waals surface area contributed by atoms with E-state index in [4.69, 9.17) is 5.73 Å². The predicted molar refractivity (Wildman–Crippen MR) is 80.4 cm³/mol. The Kier molecular flexibility index (Phi) is 5.92. The zero-order chi connectivity index (χ0) is 13.5. The van der Waals surface area contributed by atoms with E-state index < -0.39 is 0 Å². The lowest BCUT2D eigenvalue weighted by molar-refractivity contribution is 0.280. The largest absolute Gasteiger partial charge is 0.370 e. The van der Waals surface area contributed by atoms with E-state index in [1.165, 1.54) is 45.3 Å². The van der Waals surface area contributed by atoms with Crippen molar-refractivity contribution >= 4 is 5.96 Å². The Morgan fingerprint density at radius 2 is 2.05 bits per heavy atom. The molecule has 2 rings (SSSR count). The molecule has 1 aliphatic carbocycles. The highest BCUT2D eigenvalue weighted by molar-refractivity contribution is 5.77. The molecule has 110 valence electrons. The third-order valence-corrected chi connectivity index (χ3v) is 4.29. The fourth-order valence-electron chi connectivity index (χ4n) is 2.62. The molecule has 0 radical (unpaired) electrons. The first kappa shape index (κ1) is 14.6. The van der Waals surface area contributed by atoms with E-state index in [1.807, 2.05) is 0 Å². The quantitative estimate of drug-likeness (QED) is 0.557. The Labute approximate surface area is 117 Å². The molecule has 0 spiro atoms. The lowest BCUT2D eigenvalue weighted by Crippen LogP contribution is -2.40. The van der Waals surface area contributed by atoms with E-state index in [0.29, 0.717) is 5.96 Å². The number of rotatable bonds is 5. The van der Waals surface area contributed by atoms with Gasteiger partial charge in [-0.05, 0) is 45.3 Å². The number of nitrogens with two attached hydrogens (primary N) is 1. The second-order valence-electron chi connectivity index (χ2n) is 5.95. The summed E-state index contributed by atoms with van der Waals surface area (Å²) in [5.74, 6) is 1.42. The third-order valence-electron chi connectivity index (χ3n) is 4.29. The molecule has 0 aromatic rings. The van der Waals surface area contributed by atoms with Crippen molar-refractivity contribution in [1.82, 2.24) is 15.1 Å². The van der Waals surface area contributed by atoms with Gasteiger partial charge in [-0.25, -0.2) is 0 Å². The maximum absolute atomic E-state index is 5.88. The summed E-state index contributed by atoms with van der Waals surface area (Å²) in [5, 5.41) is 3.24. The lowest BCUT2D eigenvalue weighted by atomic mass is 9.86. The average molecular weight is 267 g/mol. The topological polar surface area (TPSA) is 56.9 Å². The smallest absolute Gasteiger partial charge is 0.188 e. The van der Waals surface area contributed by atoms with Crippen LogP contribution in [0.1, 0.15) is 25.7 Å². The number of guanidine groups is 1. The standard InChI is InChI=1S/C14H29N5/c1-18-7-3-8-19(11-10-18)9-6-16-14(15)17-12-13-4-2-5-13/h13H,2-12H2,1H3,(H3,15,16,17). The Morgan fingerprint density at radius 1 is 1.21 bits per heavy atom. The average Bonchev–Trinajstić information content (AvgIpc) is 2.52. The van der Waals surface area contributed by atoms with Crippen molar-refractivity contribution in [3.8, 4) is 0 Å². The maximum atomic E-state index is 5.88. The van der Waals surface area contributed by atoms with Crippen LogP contribution in [0.2, 0.25) is 0 Å². The van der Waals surface area contributed by atoms with Crippen molar-refractivity contribution < 1.29 is 0 Å². The molecule has 0 aromatic carbocycles. The normalized spacial score (nSPS) is 23.9. The molecule has 0 amide bonds. The molecule has 5 nitrogen and oxygen atoms in total. The summed E-state index contributed by atoms with van der Waals surface area (Å²) in [7, 11) is 2.20. The molecule has 2 fully saturated rings. The van der Waals surface area contributed by atoms with Gasteiger partial charge in [0.2, 0.25) is 0 Å². The molecule has 19 heavy (non-hydrogen) atoms. The van der Waals surface area contributed by atoms with Gasteiger partial charge in [-0.3, -0.25) is 4.99 Å². The molecule has 0 atom stereocenters. The highest BCUT2D eigenvalue weighted by Gasteiger charge is 2.16. The highest BCUT2D eigenvalue weighted by atomic mass is 15.2. The number of nitrogens with one attached hydrogen (secondary N) is 1. The van der Waals surface area contributed by atoms with Crippen LogP contribution in [0, 0.1) is 5.92 Å². The van der Waals surface area contributed by atoms with Crippen LogP contribution in [0.15, 0.2) is 4.99 Å². The van der Waals surface area contributed by atoms with E-state index in [0.717, 1.165) is 32.1 Å². The van der Waals surface area contributed by atoms with Crippen molar-refractivity contribution in [2.45, 2.75) is 25.7 Å². The van der Waals surface area contributed by atoms with E-state index in [-0.39, 0.29) is 0 Å². The maximum Gasteiger partial charge on any atom is 0.188 e. The summed E-state index contributed by atoms with van der Waals surface area (Å²) < 4.78 is 0. The van der Waals surface area contributed by atoms with Crippen molar-refractivity contribution in [2.75, 3.05) is 52.9 Å². The van der Waals surface area contributed by atoms with Gasteiger partial charge >= 0.3 is 0 Å². The fraction of sp³-hybridized carbons (Fsp3) is 0.929. The monoisotopic (exact) mass is 267 g/mol. The molecule has 3 N–H and O–H groups in total. The van der Waals surface area contributed by atoms with Gasteiger partial charge in [0, 0.05) is 32.7 Å². The Balaban J connectivity index is 1.57. The zero-order valence-electron chi connectivity index (χ0n) is 12.3. The molecule has 2 aliphatic rings. The minimum Gasteiger partial charge on any atom is -0.370 e. The van der Waals surface area contributed by atoms with Gasteiger partial charge in [-0.2, -0.15) is 0 Å². The first-order valence-corrected chi connectivity index (χ1v) is 7.69. The second kappa shape index (κ2) is 7.70. The highest BCUT2D eigenvalue weighted by Crippen LogP contribution is 2.26. The SMILES string of the molecule is CN1CCCN(CCNC(N)=NCC2CCC2)CC1. The lowest BCUT2D eigenvalue weighted by Gasteiger charge is -2.23.